The second-order valence-corrected chi connectivity index (χ2v) is 5.28. The molecule has 15 heteroatoms. The maximum atomic E-state index is 13.4. The van der Waals surface area contributed by atoms with Crippen LogP contribution in [0.2, 0.25) is 0 Å². The molecule has 1 atom stereocenters. The van der Waals surface area contributed by atoms with E-state index in [-0.39, 0.29) is 4.47 Å². The van der Waals surface area contributed by atoms with Crippen molar-refractivity contribution in [1.29, 1.82) is 0 Å². The number of alkyl halides is 9. The lowest BCUT2D eigenvalue weighted by Crippen LogP contribution is -2.60. The number of carbonyl (C=O) groups excluding carboxylic acids is 1. The lowest BCUT2D eigenvalue weighted by atomic mass is 10.0. The third kappa shape index (κ3) is 4.84. The standard InChI is InChI=1S/C10H10F9NO4S/c1-3-5(6(21)24-20(2)25(22)23)4-7(11,12)8(13,14)9(15,16)10(17,18)19/h4H,3H2,1-2H3,(H,22,23)/p-1. The minimum absolute atomic E-state index is 0.230. The Morgan fingerprint density at radius 1 is 1.08 bits per heavy atom. The summed E-state index contributed by atoms with van der Waals surface area (Å²) in [4.78, 5) is 15.2. The van der Waals surface area contributed by atoms with E-state index in [1.54, 1.807) is 0 Å². The normalized spacial score (nSPS) is 16.1. The first-order valence-corrected chi connectivity index (χ1v) is 6.92. The largest absolute Gasteiger partial charge is 0.757 e. The van der Waals surface area contributed by atoms with Crippen LogP contribution < -0.4 is 0 Å². The van der Waals surface area contributed by atoms with Gasteiger partial charge in [0.2, 0.25) is 0 Å². The zero-order valence-corrected chi connectivity index (χ0v) is 13.0. The van der Waals surface area contributed by atoms with E-state index in [0.717, 1.165) is 6.92 Å². The number of nitrogens with zero attached hydrogens (tertiary/aromatic N) is 1. The fourth-order valence-electron chi connectivity index (χ4n) is 1.21. The van der Waals surface area contributed by atoms with Gasteiger partial charge in [-0.1, -0.05) is 11.4 Å². The van der Waals surface area contributed by atoms with Crippen LogP contribution in [-0.4, -0.2) is 50.2 Å². The van der Waals surface area contributed by atoms with Crippen LogP contribution in [0.4, 0.5) is 39.5 Å². The fourth-order valence-corrected chi connectivity index (χ4v) is 1.34. The van der Waals surface area contributed by atoms with Crippen LogP contribution in [-0.2, 0) is 20.9 Å². The highest BCUT2D eigenvalue weighted by Crippen LogP contribution is 2.53. The highest BCUT2D eigenvalue weighted by atomic mass is 32.2. The van der Waals surface area contributed by atoms with Gasteiger partial charge in [-0.3, -0.25) is 4.21 Å². The molecule has 0 saturated carbocycles. The topological polar surface area (TPSA) is 69.7 Å². The lowest BCUT2D eigenvalue weighted by Gasteiger charge is -2.32. The predicted molar refractivity (Wildman–Crippen MR) is 62.0 cm³/mol. The van der Waals surface area contributed by atoms with Gasteiger partial charge in [0.05, 0.1) is 11.3 Å². The van der Waals surface area contributed by atoms with E-state index in [9.17, 15) is 53.1 Å². The van der Waals surface area contributed by atoms with Crippen LogP contribution in [0.25, 0.3) is 0 Å². The smallest absolute Gasteiger partial charge is 0.460 e. The number of hydrogen-bond acceptors (Lipinski definition) is 4. The number of carbonyl (C=O) groups is 1. The lowest BCUT2D eigenvalue weighted by molar-refractivity contribution is -0.388. The molecule has 0 aliphatic carbocycles. The molecule has 0 aliphatic heterocycles. The van der Waals surface area contributed by atoms with Gasteiger partial charge in [-0.05, 0) is 6.42 Å². The molecule has 25 heavy (non-hydrogen) atoms. The summed E-state index contributed by atoms with van der Waals surface area (Å²) in [5.41, 5.74) is -1.46. The van der Waals surface area contributed by atoms with E-state index in [0.29, 0.717) is 7.05 Å². The Morgan fingerprint density at radius 3 is 1.84 bits per heavy atom. The Labute approximate surface area is 136 Å². The van der Waals surface area contributed by atoms with Gasteiger partial charge in [0, 0.05) is 18.7 Å². The van der Waals surface area contributed by atoms with Gasteiger partial charge in [-0.25, -0.2) is 4.79 Å². The minimum atomic E-state index is -7.12. The highest BCUT2D eigenvalue weighted by Gasteiger charge is 2.81. The molecule has 0 saturated heterocycles. The summed E-state index contributed by atoms with van der Waals surface area (Å²) in [6, 6.07) is 0. The van der Waals surface area contributed by atoms with Crippen molar-refractivity contribution < 1.29 is 57.9 Å². The molecule has 0 aromatic carbocycles. The van der Waals surface area contributed by atoms with Crippen molar-refractivity contribution >= 4 is 17.2 Å². The van der Waals surface area contributed by atoms with Gasteiger partial charge in [0.15, 0.2) is 0 Å². The van der Waals surface area contributed by atoms with Gasteiger partial charge in [-0.15, -0.1) is 0 Å². The third-order valence-electron chi connectivity index (χ3n) is 2.59. The summed E-state index contributed by atoms with van der Waals surface area (Å²) in [5, 5.41) is 0. The fraction of sp³-hybridized carbons (Fsp3) is 0.700. The quantitative estimate of drug-likeness (QED) is 0.280. The summed E-state index contributed by atoms with van der Waals surface area (Å²) in [5.74, 6) is -22.1. The zero-order chi connectivity index (χ0) is 20.4. The van der Waals surface area contributed by atoms with Crippen molar-refractivity contribution in [2.45, 2.75) is 37.3 Å². The molecule has 148 valence electrons. The van der Waals surface area contributed by atoms with Crippen molar-refractivity contribution in [3.63, 3.8) is 0 Å². The average Bonchev–Trinajstić information content (AvgIpc) is 2.42. The Kier molecular flexibility index (Phi) is 7.09. The molecule has 0 spiro atoms. The average molecular weight is 410 g/mol. The summed E-state index contributed by atoms with van der Waals surface area (Å²) >= 11 is -3.21. The first-order valence-electron chi connectivity index (χ1n) is 5.89. The van der Waals surface area contributed by atoms with Crippen LogP contribution >= 0.6 is 0 Å². The van der Waals surface area contributed by atoms with Crippen LogP contribution in [0, 0.1) is 0 Å². The Balaban J connectivity index is 5.85. The molecule has 0 aromatic heterocycles. The maximum Gasteiger partial charge on any atom is 0.460 e. The minimum Gasteiger partial charge on any atom is -0.757 e. The van der Waals surface area contributed by atoms with E-state index in [1.165, 1.54) is 0 Å². The highest BCUT2D eigenvalue weighted by molar-refractivity contribution is 7.76. The molecular weight excluding hydrogens is 401 g/mol. The molecule has 0 aromatic rings. The maximum absolute atomic E-state index is 13.4. The van der Waals surface area contributed by atoms with Crippen LogP contribution in [0.1, 0.15) is 13.3 Å². The number of rotatable bonds is 7. The summed E-state index contributed by atoms with van der Waals surface area (Å²) in [6.45, 7) is 0.872. The first kappa shape index (κ1) is 23.6. The van der Waals surface area contributed by atoms with Crippen molar-refractivity contribution in [1.82, 2.24) is 4.47 Å². The van der Waals surface area contributed by atoms with E-state index in [4.69, 9.17) is 0 Å². The van der Waals surface area contributed by atoms with Crippen molar-refractivity contribution in [2.75, 3.05) is 7.05 Å². The van der Waals surface area contributed by atoms with E-state index in [1.807, 2.05) is 0 Å². The molecule has 0 radical (unpaired) electrons. The van der Waals surface area contributed by atoms with E-state index in [2.05, 4.69) is 4.84 Å². The van der Waals surface area contributed by atoms with Crippen molar-refractivity contribution in [3.8, 4) is 0 Å². The molecule has 0 heterocycles. The number of halogens is 9. The van der Waals surface area contributed by atoms with Gasteiger partial charge >= 0.3 is 29.9 Å². The van der Waals surface area contributed by atoms with Crippen molar-refractivity contribution in [3.05, 3.63) is 11.6 Å². The molecule has 0 N–H and O–H groups in total. The van der Waals surface area contributed by atoms with Crippen LogP contribution in [0.15, 0.2) is 11.6 Å². The summed E-state index contributed by atoms with van der Waals surface area (Å²) in [7, 11) is 0.582. The van der Waals surface area contributed by atoms with Gasteiger partial charge < -0.3 is 9.39 Å². The Hall–Kier alpha value is -1.35. The van der Waals surface area contributed by atoms with Crippen LogP contribution in [0.5, 0.6) is 0 Å². The van der Waals surface area contributed by atoms with Gasteiger partial charge in [0.25, 0.3) is 0 Å². The molecule has 0 aliphatic rings. The monoisotopic (exact) mass is 410 g/mol. The molecular formula is C10H9F9NO4S-. The van der Waals surface area contributed by atoms with Gasteiger partial charge in [-0.2, -0.15) is 39.5 Å². The molecule has 0 bridgehead atoms. The summed E-state index contributed by atoms with van der Waals surface area (Å²) in [6.07, 6.45) is -9.00. The second-order valence-electron chi connectivity index (χ2n) is 4.33. The van der Waals surface area contributed by atoms with Crippen molar-refractivity contribution in [2.24, 2.45) is 0 Å². The predicted octanol–water partition coefficient (Wildman–Crippen LogP) is 2.98. The Morgan fingerprint density at radius 2 is 1.52 bits per heavy atom. The molecule has 0 fully saturated rings. The number of hydrogen-bond donors (Lipinski definition) is 0. The van der Waals surface area contributed by atoms with Gasteiger partial charge in [0.1, 0.15) is 0 Å². The number of allylic oxidation sites excluding steroid dienone is 1. The first-order chi connectivity index (χ1) is 10.9. The molecule has 0 amide bonds. The Bertz CT molecular complexity index is 561. The number of hydroxylamine groups is 1. The molecule has 1 unspecified atom stereocenters. The third-order valence-corrected chi connectivity index (χ3v) is 3.08. The van der Waals surface area contributed by atoms with E-state index < -0.39 is 59.2 Å². The SMILES string of the molecule is CCC(=CC(F)(F)C(F)(F)C(F)(F)C(F)(F)F)C(=O)ON(C)S(=O)[O-]. The van der Waals surface area contributed by atoms with Crippen LogP contribution in [0.3, 0.4) is 0 Å². The second kappa shape index (κ2) is 7.49. The molecule has 5 nitrogen and oxygen atoms in total. The summed E-state index contributed by atoms with van der Waals surface area (Å²) < 4.78 is 135. The molecule has 0 rings (SSSR count). The zero-order valence-electron chi connectivity index (χ0n) is 12.2. The van der Waals surface area contributed by atoms with E-state index >= 15 is 0 Å².